The highest BCUT2D eigenvalue weighted by Crippen LogP contribution is 2.14. The molecule has 0 spiro atoms. The molecule has 0 aliphatic carbocycles. The zero-order valence-electron chi connectivity index (χ0n) is 14.6. The number of nitrogens with one attached hydrogen (secondary N) is 2. The van der Waals surface area contributed by atoms with Crippen molar-refractivity contribution < 1.29 is 14.0 Å². The average molecular weight is 430 g/mol. The number of benzene rings is 1. The number of halogens is 1. The first kappa shape index (κ1) is 18.6. The van der Waals surface area contributed by atoms with Gasteiger partial charge >= 0.3 is 5.91 Å². The fourth-order valence-corrected chi connectivity index (χ4v) is 2.58. The van der Waals surface area contributed by atoms with E-state index in [1.165, 1.54) is 4.68 Å². The molecule has 9 heteroatoms. The molecule has 3 aromatic rings. The summed E-state index contributed by atoms with van der Waals surface area (Å²) in [6, 6.07) is 11.9. The van der Waals surface area contributed by atoms with Crippen molar-refractivity contribution in [2.75, 3.05) is 5.32 Å². The number of carbonyl (C=O) groups is 2. The van der Waals surface area contributed by atoms with Crippen LogP contribution in [-0.2, 0) is 7.05 Å². The second kappa shape index (κ2) is 8.00. The molecule has 1 aromatic carbocycles. The van der Waals surface area contributed by atoms with Gasteiger partial charge in [-0.3, -0.25) is 14.3 Å². The van der Waals surface area contributed by atoms with E-state index in [9.17, 15) is 9.59 Å². The third kappa shape index (κ3) is 4.50. The van der Waals surface area contributed by atoms with E-state index in [0.29, 0.717) is 21.8 Å². The molecule has 27 heavy (non-hydrogen) atoms. The van der Waals surface area contributed by atoms with Gasteiger partial charge in [-0.05, 0) is 58.7 Å². The van der Waals surface area contributed by atoms with Crippen molar-refractivity contribution in [3.05, 3.63) is 70.3 Å². The highest BCUT2D eigenvalue weighted by Gasteiger charge is 2.11. The zero-order valence-corrected chi connectivity index (χ0v) is 16.1. The number of hydrazone groups is 1. The van der Waals surface area contributed by atoms with Gasteiger partial charge in [-0.2, -0.15) is 10.2 Å². The molecule has 0 radical (unpaired) electrons. The lowest BCUT2D eigenvalue weighted by molar-refractivity contribution is 0.0925. The van der Waals surface area contributed by atoms with E-state index in [4.69, 9.17) is 4.42 Å². The lowest BCUT2D eigenvalue weighted by atomic mass is 10.1. The molecule has 8 nitrogen and oxygen atoms in total. The van der Waals surface area contributed by atoms with E-state index in [-0.39, 0.29) is 11.7 Å². The third-order valence-electron chi connectivity index (χ3n) is 3.74. The molecule has 2 aromatic heterocycles. The fraction of sp³-hybridized carbons (Fsp3) is 0.111. The molecule has 0 aliphatic rings. The summed E-state index contributed by atoms with van der Waals surface area (Å²) in [6.07, 6.45) is 1.56. The van der Waals surface area contributed by atoms with Crippen LogP contribution in [0.1, 0.15) is 33.5 Å². The molecule has 0 bridgehead atoms. The van der Waals surface area contributed by atoms with Crippen molar-refractivity contribution in [1.29, 1.82) is 0 Å². The molecule has 3 rings (SSSR count). The standard InChI is InChI=1S/C18H16BrN5O3/c1-11(22-23-18(26)15-7-8-16(19)27-15)12-3-5-13(6-4-12)21-17(25)14-9-10-20-24(14)2/h3-10H,1-2H3,(H,21,25)(H,23,26). The van der Waals surface area contributed by atoms with Crippen LogP contribution >= 0.6 is 15.9 Å². The molecule has 2 amide bonds. The van der Waals surface area contributed by atoms with E-state index in [1.807, 2.05) is 0 Å². The lowest BCUT2D eigenvalue weighted by Gasteiger charge is -2.07. The Morgan fingerprint density at radius 2 is 1.85 bits per heavy atom. The predicted octanol–water partition coefficient (Wildman–Crippen LogP) is 3.18. The molecule has 0 aliphatic heterocycles. The smallest absolute Gasteiger partial charge is 0.307 e. The Kier molecular flexibility index (Phi) is 5.51. The van der Waals surface area contributed by atoms with Gasteiger partial charge in [-0.15, -0.1) is 0 Å². The number of hydrogen-bond donors (Lipinski definition) is 2. The van der Waals surface area contributed by atoms with Gasteiger partial charge in [0, 0.05) is 18.9 Å². The highest BCUT2D eigenvalue weighted by atomic mass is 79.9. The first-order valence-electron chi connectivity index (χ1n) is 7.94. The molecule has 0 fully saturated rings. The quantitative estimate of drug-likeness (QED) is 0.480. The SMILES string of the molecule is CC(=NNC(=O)c1ccc(Br)o1)c1ccc(NC(=O)c2ccnn2C)cc1. The minimum Gasteiger partial charge on any atom is -0.444 e. The van der Waals surface area contributed by atoms with Gasteiger partial charge in [0.05, 0.1) is 5.71 Å². The third-order valence-corrected chi connectivity index (χ3v) is 4.16. The van der Waals surface area contributed by atoms with Crippen LogP contribution < -0.4 is 10.7 Å². The van der Waals surface area contributed by atoms with Crippen LogP contribution in [0.25, 0.3) is 0 Å². The maximum Gasteiger partial charge on any atom is 0.307 e. The number of aromatic nitrogens is 2. The van der Waals surface area contributed by atoms with Crippen LogP contribution in [0.15, 0.2) is 62.8 Å². The van der Waals surface area contributed by atoms with Gasteiger partial charge in [-0.25, -0.2) is 5.43 Å². The Hall–Kier alpha value is -3.20. The molecule has 0 saturated carbocycles. The number of nitrogens with zero attached hydrogens (tertiary/aromatic N) is 3. The van der Waals surface area contributed by atoms with E-state index >= 15 is 0 Å². The van der Waals surface area contributed by atoms with Crippen LogP contribution in [0.4, 0.5) is 5.69 Å². The highest BCUT2D eigenvalue weighted by molar-refractivity contribution is 9.10. The largest absolute Gasteiger partial charge is 0.444 e. The van der Waals surface area contributed by atoms with Gasteiger partial charge < -0.3 is 9.73 Å². The van der Waals surface area contributed by atoms with Crippen LogP contribution in [0.5, 0.6) is 0 Å². The number of furan rings is 1. The molecule has 0 unspecified atom stereocenters. The number of carbonyl (C=O) groups excluding carboxylic acids is 2. The summed E-state index contributed by atoms with van der Waals surface area (Å²) in [5.41, 5.74) is 4.95. The second-order valence-electron chi connectivity index (χ2n) is 5.61. The average Bonchev–Trinajstić information content (AvgIpc) is 3.28. The van der Waals surface area contributed by atoms with Gasteiger partial charge in [0.2, 0.25) is 0 Å². The Labute approximate surface area is 163 Å². The zero-order chi connectivity index (χ0) is 19.4. The first-order valence-corrected chi connectivity index (χ1v) is 8.73. The maximum atomic E-state index is 12.2. The summed E-state index contributed by atoms with van der Waals surface area (Å²) < 4.78 is 7.13. The van der Waals surface area contributed by atoms with Crippen LogP contribution in [0.2, 0.25) is 0 Å². The molecule has 0 saturated heterocycles. The molecule has 0 atom stereocenters. The van der Waals surface area contributed by atoms with Gasteiger partial charge in [0.1, 0.15) is 5.69 Å². The van der Waals surface area contributed by atoms with Crippen molar-refractivity contribution in [3.8, 4) is 0 Å². The van der Waals surface area contributed by atoms with E-state index < -0.39 is 5.91 Å². The Morgan fingerprint density at radius 3 is 2.44 bits per heavy atom. The predicted molar refractivity (Wildman–Crippen MR) is 104 cm³/mol. The first-order chi connectivity index (χ1) is 12.9. The normalized spacial score (nSPS) is 11.3. The van der Waals surface area contributed by atoms with Crippen molar-refractivity contribution in [2.24, 2.45) is 12.1 Å². The molecular formula is C18H16BrN5O3. The van der Waals surface area contributed by atoms with E-state index in [2.05, 4.69) is 36.9 Å². The van der Waals surface area contributed by atoms with E-state index in [0.717, 1.165) is 5.56 Å². The Bertz CT molecular complexity index is 1000. The number of aryl methyl sites for hydroxylation is 1. The fourth-order valence-electron chi connectivity index (χ4n) is 2.28. The number of anilines is 1. The molecule has 138 valence electrons. The van der Waals surface area contributed by atoms with Crippen molar-refractivity contribution >= 4 is 39.1 Å². The molecular weight excluding hydrogens is 414 g/mol. The minimum atomic E-state index is -0.444. The second-order valence-corrected chi connectivity index (χ2v) is 6.40. The van der Waals surface area contributed by atoms with Crippen LogP contribution in [0.3, 0.4) is 0 Å². The molecule has 2 heterocycles. The summed E-state index contributed by atoms with van der Waals surface area (Å²) in [5, 5.41) is 10.8. The summed E-state index contributed by atoms with van der Waals surface area (Å²) in [7, 11) is 1.70. The monoisotopic (exact) mass is 429 g/mol. The molecule has 2 N–H and O–H groups in total. The van der Waals surface area contributed by atoms with Gasteiger partial charge in [-0.1, -0.05) is 12.1 Å². The van der Waals surface area contributed by atoms with Crippen molar-refractivity contribution in [2.45, 2.75) is 6.92 Å². The van der Waals surface area contributed by atoms with Crippen LogP contribution in [-0.4, -0.2) is 27.3 Å². The maximum absolute atomic E-state index is 12.2. The van der Waals surface area contributed by atoms with Gasteiger partial charge in [0.15, 0.2) is 10.4 Å². The summed E-state index contributed by atoms with van der Waals surface area (Å²) in [4.78, 5) is 24.1. The van der Waals surface area contributed by atoms with Crippen LogP contribution in [0, 0.1) is 0 Å². The van der Waals surface area contributed by atoms with E-state index in [1.54, 1.807) is 62.6 Å². The number of rotatable bonds is 5. The summed E-state index contributed by atoms with van der Waals surface area (Å²) in [6.45, 7) is 1.77. The Morgan fingerprint density at radius 1 is 1.11 bits per heavy atom. The van der Waals surface area contributed by atoms with Crippen molar-refractivity contribution in [1.82, 2.24) is 15.2 Å². The summed E-state index contributed by atoms with van der Waals surface area (Å²) in [5.74, 6) is -0.531. The Balaban J connectivity index is 1.63. The lowest BCUT2D eigenvalue weighted by Crippen LogP contribution is -2.18. The minimum absolute atomic E-state index is 0.159. The number of hydrogen-bond acceptors (Lipinski definition) is 5. The van der Waals surface area contributed by atoms with Gasteiger partial charge in [0.25, 0.3) is 5.91 Å². The summed E-state index contributed by atoms with van der Waals surface area (Å²) >= 11 is 3.14. The van der Waals surface area contributed by atoms with Crippen molar-refractivity contribution in [3.63, 3.8) is 0 Å². The number of amides is 2. The topological polar surface area (TPSA) is 102 Å².